The summed E-state index contributed by atoms with van der Waals surface area (Å²) in [7, 11) is 0. The van der Waals surface area contributed by atoms with Crippen LogP contribution in [0.1, 0.15) is 11.1 Å². The standard InChI is InChI=1S/C11H14N2O/c1-8-2-4-9(5-3-8)11-13-10(6-12)7-14-11/h2-5,10H,6-7,12H2,1H3. The van der Waals surface area contributed by atoms with E-state index in [1.54, 1.807) is 0 Å². The Hall–Kier alpha value is -1.35. The highest BCUT2D eigenvalue weighted by Gasteiger charge is 2.18. The molecule has 0 aromatic heterocycles. The van der Waals surface area contributed by atoms with Crippen LogP contribution in [-0.4, -0.2) is 25.1 Å². The Labute approximate surface area is 83.6 Å². The molecule has 14 heavy (non-hydrogen) atoms. The van der Waals surface area contributed by atoms with Crippen LogP contribution in [-0.2, 0) is 4.74 Å². The predicted molar refractivity (Wildman–Crippen MR) is 56.5 cm³/mol. The zero-order valence-electron chi connectivity index (χ0n) is 8.23. The van der Waals surface area contributed by atoms with E-state index in [4.69, 9.17) is 10.5 Å². The van der Waals surface area contributed by atoms with Crippen LogP contribution in [0.3, 0.4) is 0 Å². The van der Waals surface area contributed by atoms with Gasteiger partial charge >= 0.3 is 0 Å². The van der Waals surface area contributed by atoms with Crippen molar-refractivity contribution in [3.63, 3.8) is 0 Å². The predicted octanol–water partition coefficient (Wildman–Crippen LogP) is 1.10. The molecule has 74 valence electrons. The van der Waals surface area contributed by atoms with Crippen LogP contribution in [0, 0.1) is 6.92 Å². The molecular weight excluding hydrogens is 176 g/mol. The van der Waals surface area contributed by atoms with E-state index in [2.05, 4.69) is 24.0 Å². The van der Waals surface area contributed by atoms with E-state index in [0.29, 0.717) is 13.2 Å². The Kier molecular flexibility index (Phi) is 2.50. The molecule has 2 rings (SSSR count). The van der Waals surface area contributed by atoms with Gasteiger partial charge in [-0.25, -0.2) is 4.99 Å². The summed E-state index contributed by atoms with van der Waals surface area (Å²) in [5.41, 5.74) is 7.78. The maximum absolute atomic E-state index is 5.51. The topological polar surface area (TPSA) is 47.6 Å². The van der Waals surface area contributed by atoms with Crippen molar-refractivity contribution in [2.75, 3.05) is 13.2 Å². The van der Waals surface area contributed by atoms with Gasteiger partial charge in [-0.15, -0.1) is 0 Å². The number of ether oxygens (including phenoxy) is 1. The first-order chi connectivity index (χ1) is 6.79. The van der Waals surface area contributed by atoms with E-state index in [9.17, 15) is 0 Å². The summed E-state index contributed by atoms with van der Waals surface area (Å²) >= 11 is 0. The van der Waals surface area contributed by atoms with E-state index in [-0.39, 0.29) is 6.04 Å². The molecule has 0 amide bonds. The van der Waals surface area contributed by atoms with Crippen molar-refractivity contribution in [3.05, 3.63) is 35.4 Å². The van der Waals surface area contributed by atoms with E-state index in [1.165, 1.54) is 5.56 Å². The average Bonchev–Trinajstić information content (AvgIpc) is 2.67. The van der Waals surface area contributed by atoms with Crippen LogP contribution in [0.4, 0.5) is 0 Å². The number of benzene rings is 1. The average molecular weight is 190 g/mol. The Bertz CT molecular complexity index is 343. The van der Waals surface area contributed by atoms with Crippen LogP contribution in [0.15, 0.2) is 29.3 Å². The quantitative estimate of drug-likeness (QED) is 0.759. The first-order valence-corrected chi connectivity index (χ1v) is 4.77. The van der Waals surface area contributed by atoms with Crippen LogP contribution < -0.4 is 5.73 Å². The molecule has 0 saturated heterocycles. The molecule has 2 N–H and O–H groups in total. The second-order valence-corrected chi connectivity index (χ2v) is 3.50. The third-order valence-corrected chi connectivity index (χ3v) is 2.28. The zero-order chi connectivity index (χ0) is 9.97. The smallest absolute Gasteiger partial charge is 0.216 e. The second kappa shape index (κ2) is 3.80. The maximum Gasteiger partial charge on any atom is 0.216 e. The molecule has 0 spiro atoms. The Balaban J connectivity index is 2.20. The van der Waals surface area contributed by atoms with Crippen LogP contribution in [0.5, 0.6) is 0 Å². The maximum atomic E-state index is 5.51. The van der Waals surface area contributed by atoms with Gasteiger partial charge in [-0.1, -0.05) is 17.7 Å². The number of nitrogens with two attached hydrogens (primary N) is 1. The number of rotatable bonds is 2. The van der Waals surface area contributed by atoms with E-state index in [1.807, 2.05) is 12.1 Å². The van der Waals surface area contributed by atoms with Crippen molar-refractivity contribution in [1.29, 1.82) is 0 Å². The van der Waals surface area contributed by atoms with Gasteiger partial charge in [-0.3, -0.25) is 0 Å². The summed E-state index contributed by atoms with van der Waals surface area (Å²) in [5, 5.41) is 0. The van der Waals surface area contributed by atoms with Gasteiger partial charge < -0.3 is 10.5 Å². The molecule has 3 heteroatoms. The molecule has 1 unspecified atom stereocenters. The third-order valence-electron chi connectivity index (χ3n) is 2.28. The summed E-state index contributed by atoms with van der Waals surface area (Å²) in [6, 6.07) is 8.28. The number of nitrogens with zero attached hydrogens (tertiary/aromatic N) is 1. The molecule has 1 atom stereocenters. The Morgan fingerprint density at radius 2 is 2.14 bits per heavy atom. The highest BCUT2D eigenvalue weighted by molar-refractivity contribution is 5.95. The number of aryl methyl sites for hydroxylation is 1. The van der Waals surface area contributed by atoms with Crippen molar-refractivity contribution < 1.29 is 4.74 Å². The van der Waals surface area contributed by atoms with E-state index in [0.717, 1.165) is 11.5 Å². The molecule has 0 aliphatic carbocycles. The molecular formula is C11H14N2O. The van der Waals surface area contributed by atoms with Crippen molar-refractivity contribution in [2.24, 2.45) is 10.7 Å². The lowest BCUT2D eigenvalue weighted by Gasteiger charge is -2.00. The molecule has 0 radical (unpaired) electrons. The fourth-order valence-electron chi connectivity index (χ4n) is 1.39. The molecule has 0 fully saturated rings. The third kappa shape index (κ3) is 1.77. The fraction of sp³-hybridized carbons (Fsp3) is 0.364. The molecule has 3 nitrogen and oxygen atoms in total. The molecule has 1 aliphatic heterocycles. The van der Waals surface area contributed by atoms with Gasteiger partial charge in [0.1, 0.15) is 12.6 Å². The Morgan fingerprint density at radius 3 is 2.71 bits per heavy atom. The lowest BCUT2D eigenvalue weighted by Crippen LogP contribution is -2.18. The minimum atomic E-state index is 0.131. The van der Waals surface area contributed by atoms with E-state index < -0.39 is 0 Å². The molecule has 1 heterocycles. The lowest BCUT2D eigenvalue weighted by molar-refractivity contribution is 0.319. The van der Waals surface area contributed by atoms with Gasteiger partial charge in [0.2, 0.25) is 5.90 Å². The minimum absolute atomic E-state index is 0.131. The van der Waals surface area contributed by atoms with Crippen molar-refractivity contribution in [3.8, 4) is 0 Å². The molecule has 1 aromatic carbocycles. The molecule has 1 aliphatic rings. The molecule has 1 aromatic rings. The fourth-order valence-corrected chi connectivity index (χ4v) is 1.39. The summed E-state index contributed by atoms with van der Waals surface area (Å²) < 4.78 is 5.45. The second-order valence-electron chi connectivity index (χ2n) is 3.50. The van der Waals surface area contributed by atoms with Gasteiger partial charge in [0.05, 0.1) is 0 Å². The summed E-state index contributed by atoms with van der Waals surface area (Å²) in [4.78, 5) is 4.38. The Morgan fingerprint density at radius 1 is 1.43 bits per heavy atom. The van der Waals surface area contributed by atoms with E-state index >= 15 is 0 Å². The summed E-state index contributed by atoms with van der Waals surface area (Å²) in [5.74, 6) is 0.723. The largest absolute Gasteiger partial charge is 0.475 e. The zero-order valence-corrected chi connectivity index (χ0v) is 8.23. The monoisotopic (exact) mass is 190 g/mol. The summed E-state index contributed by atoms with van der Waals surface area (Å²) in [6.45, 7) is 3.22. The van der Waals surface area contributed by atoms with Crippen molar-refractivity contribution in [2.45, 2.75) is 13.0 Å². The molecule has 0 saturated carbocycles. The normalized spacial score (nSPS) is 20.4. The van der Waals surface area contributed by atoms with Crippen LogP contribution >= 0.6 is 0 Å². The lowest BCUT2D eigenvalue weighted by atomic mass is 10.1. The highest BCUT2D eigenvalue weighted by atomic mass is 16.5. The van der Waals surface area contributed by atoms with Gasteiger partial charge in [-0.05, 0) is 19.1 Å². The number of hydrogen-bond acceptors (Lipinski definition) is 3. The number of hydrogen-bond donors (Lipinski definition) is 1. The number of aliphatic imine (C=N–C) groups is 1. The van der Waals surface area contributed by atoms with Gasteiger partial charge in [0.25, 0.3) is 0 Å². The van der Waals surface area contributed by atoms with Gasteiger partial charge in [-0.2, -0.15) is 0 Å². The van der Waals surface area contributed by atoms with Crippen LogP contribution in [0.25, 0.3) is 0 Å². The first kappa shape index (κ1) is 9.21. The van der Waals surface area contributed by atoms with Crippen LogP contribution in [0.2, 0.25) is 0 Å². The van der Waals surface area contributed by atoms with Gasteiger partial charge in [0, 0.05) is 12.1 Å². The highest BCUT2D eigenvalue weighted by Crippen LogP contribution is 2.12. The van der Waals surface area contributed by atoms with Crippen molar-refractivity contribution >= 4 is 5.90 Å². The van der Waals surface area contributed by atoms with Gasteiger partial charge in [0.15, 0.2) is 0 Å². The van der Waals surface area contributed by atoms with Crippen molar-refractivity contribution in [1.82, 2.24) is 0 Å². The first-order valence-electron chi connectivity index (χ1n) is 4.77. The SMILES string of the molecule is Cc1ccc(C2=NC(CN)CO2)cc1. The minimum Gasteiger partial charge on any atom is -0.475 e. The molecule has 0 bridgehead atoms. The summed E-state index contributed by atoms with van der Waals surface area (Å²) in [6.07, 6.45) is 0.